The van der Waals surface area contributed by atoms with Gasteiger partial charge in [-0.05, 0) is 31.1 Å². The van der Waals surface area contributed by atoms with Crippen LogP contribution in [0, 0.1) is 13.8 Å². The summed E-state index contributed by atoms with van der Waals surface area (Å²) in [6.45, 7) is 3.81. The molecule has 0 spiro atoms. The molecule has 0 aromatic carbocycles. The highest BCUT2D eigenvalue weighted by molar-refractivity contribution is 5.95. The van der Waals surface area contributed by atoms with E-state index in [2.05, 4.69) is 10.3 Å². The number of amides is 1. The molecule has 2 heterocycles. The van der Waals surface area contributed by atoms with E-state index in [4.69, 9.17) is 9.47 Å². The Morgan fingerprint density at radius 1 is 1.33 bits per heavy atom. The molecule has 0 radical (unpaired) electrons. The summed E-state index contributed by atoms with van der Waals surface area (Å²) in [5, 5.41) is 2.70. The first-order valence-electron chi connectivity index (χ1n) is 6.49. The average molecular weight is 290 g/mol. The molecule has 1 aromatic rings. The van der Waals surface area contributed by atoms with Gasteiger partial charge in [0.15, 0.2) is 0 Å². The second kappa shape index (κ2) is 5.87. The monoisotopic (exact) mass is 290 g/mol. The first kappa shape index (κ1) is 14.9. The van der Waals surface area contributed by atoms with Crippen LogP contribution in [-0.2, 0) is 25.5 Å². The lowest BCUT2D eigenvalue weighted by molar-refractivity contribution is -0.139. The normalized spacial score (nSPS) is 15.9. The molecule has 0 saturated carbocycles. The lowest BCUT2D eigenvalue weighted by Gasteiger charge is -2.04. The van der Waals surface area contributed by atoms with Gasteiger partial charge in [-0.25, -0.2) is 0 Å². The number of aromatic nitrogens is 1. The minimum absolute atomic E-state index is 0.214. The first-order valence-corrected chi connectivity index (χ1v) is 6.49. The van der Waals surface area contributed by atoms with Crippen LogP contribution in [0.5, 0.6) is 0 Å². The van der Waals surface area contributed by atoms with E-state index in [1.54, 1.807) is 6.08 Å². The van der Waals surface area contributed by atoms with Gasteiger partial charge in [-0.15, -0.1) is 0 Å². The molecular weight excluding hydrogens is 272 g/mol. The molecule has 0 unspecified atom stereocenters. The first-order chi connectivity index (χ1) is 9.96. The predicted molar refractivity (Wildman–Crippen MR) is 77.2 cm³/mol. The Bertz CT molecular complexity index is 653. The van der Waals surface area contributed by atoms with Crippen LogP contribution in [-0.4, -0.2) is 31.1 Å². The number of methoxy groups -OCH3 is 2. The largest absolute Gasteiger partial charge is 0.494 e. The summed E-state index contributed by atoms with van der Waals surface area (Å²) >= 11 is 0. The maximum absolute atomic E-state index is 11.4. The minimum Gasteiger partial charge on any atom is -0.494 e. The van der Waals surface area contributed by atoms with Crippen LogP contribution in [0.3, 0.4) is 0 Å². The van der Waals surface area contributed by atoms with Crippen molar-refractivity contribution in [3.05, 3.63) is 40.0 Å². The summed E-state index contributed by atoms with van der Waals surface area (Å²) in [6.07, 6.45) is 3.41. The van der Waals surface area contributed by atoms with E-state index in [1.807, 2.05) is 13.8 Å². The topological polar surface area (TPSA) is 80.4 Å². The number of aryl methyl sites for hydroxylation is 1. The molecule has 6 nitrogen and oxygen atoms in total. The van der Waals surface area contributed by atoms with Crippen molar-refractivity contribution in [3.8, 4) is 0 Å². The van der Waals surface area contributed by atoms with Gasteiger partial charge in [0.25, 0.3) is 5.91 Å². The highest BCUT2D eigenvalue weighted by Crippen LogP contribution is 2.23. The molecule has 0 fully saturated rings. The molecule has 0 bridgehead atoms. The third kappa shape index (κ3) is 2.99. The van der Waals surface area contributed by atoms with Crippen molar-refractivity contribution in [2.45, 2.75) is 20.3 Å². The second-order valence-corrected chi connectivity index (χ2v) is 4.78. The molecule has 1 amide bonds. The highest BCUT2D eigenvalue weighted by Gasteiger charge is 2.20. The Morgan fingerprint density at radius 2 is 2.05 bits per heavy atom. The number of ether oxygens (including phenoxy) is 2. The summed E-state index contributed by atoms with van der Waals surface area (Å²) in [6, 6.07) is 0. The number of aromatic amines is 1. The summed E-state index contributed by atoms with van der Waals surface area (Å²) in [5.41, 5.74) is 4.17. The van der Waals surface area contributed by atoms with Gasteiger partial charge in [0.05, 0.1) is 26.3 Å². The van der Waals surface area contributed by atoms with Gasteiger partial charge >= 0.3 is 5.97 Å². The summed E-state index contributed by atoms with van der Waals surface area (Å²) < 4.78 is 9.85. The maximum Gasteiger partial charge on any atom is 0.310 e. The van der Waals surface area contributed by atoms with Gasteiger partial charge in [0.2, 0.25) is 0 Å². The molecule has 21 heavy (non-hydrogen) atoms. The SMILES string of the molecule is COC(=O)Cc1c(C)[nH]c(/C=C2\NC(=O)C=C2OC)c1C. The van der Waals surface area contributed by atoms with Crippen molar-refractivity contribution in [1.82, 2.24) is 10.3 Å². The highest BCUT2D eigenvalue weighted by atomic mass is 16.5. The number of carbonyl (C=O) groups is 2. The molecule has 6 heteroatoms. The summed E-state index contributed by atoms with van der Waals surface area (Å²) in [7, 11) is 2.88. The predicted octanol–water partition coefficient (Wildman–Crippen LogP) is 1.35. The Hall–Kier alpha value is -2.50. The van der Waals surface area contributed by atoms with Crippen molar-refractivity contribution >= 4 is 18.0 Å². The zero-order valence-electron chi connectivity index (χ0n) is 12.5. The molecule has 1 aliphatic heterocycles. The van der Waals surface area contributed by atoms with Gasteiger partial charge in [-0.1, -0.05) is 0 Å². The third-order valence-electron chi connectivity index (χ3n) is 3.47. The van der Waals surface area contributed by atoms with Crippen LogP contribution in [0.4, 0.5) is 0 Å². The fraction of sp³-hybridized carbons (Fsp3) is 0.333. The summed E-state index contributed by atoms with van der Waals surface area (Å²) in [5.74, 6) is -0.0129. The second-order valence-electron chi connectivity index (χ2n) is 4.78. The Kier molecular flexibility index (Phi) is 4.16. The van der Waals surface area contributed by atoms with Crippen molar-refractivity contribution < 1.29 is 19.1 Å². The average Bonchev–Trinajstić information content (AvgIpc) is 2.93. The zero-order valence-corrected chi connectivity index (χ0v) is 12.5. The molecule has 2 N–H and O–H groups in total. The Labute approximate surface area is 122 Å². The zero-order chi connectivity index (χ0) is 15.6. The van der Waals surface area contributed by atoms with Gasteiger partial charge in [0, 0.05) is 17.5 Å². The van der Waals surface area contributed by atoms with Crippen molar-refractivity contribution in [3.63, 3.8) is 0 Å². The van der Waals surface area contributed by atoms with Crippen LogP contribution < -0.4 is 5.32 Å². The molecule has 0 atom stereocenters. The van der Waals surface area contributed by atoms with E-state index < -0.39 is 0 Å². The lowest BCUT2D eigenvalue weighted by atomic mass is 10.1. The third-order valence-corrected chi connectivity index (χ3v) is 3.47. The van der Waals surface area contributed by atoms with Crippen LogP contribution >= 0.6 is 0 Å². The smallest absolute Gasteiger partial charge is 0.310 e. The number of carbonyl (C=O) groups excluding carboxylic acids is 2. The van der Waals surface area contributed by atoms with Crippen LogP contribution in [0.15, 0.2) is 17.5 Å². The van der Waals surface area contributed by atoms with Gasteiger partial charge in [-0.2, -0.15) is 0 Å². The molecule has 0 saturated heterocycles. The fourth-order valence-electron chi connectivity index (χ4n) is 2.29. The minimum atomic E-state index is -0.286. The lowest BCUT2D eigenvalue weighted by Crippen LogP contribution is -2.13. The summed E-state index contributed by atoms with van der Waals surface area (Å²) in [4.78, 5) is 26.0. The van der Waals surface area contributed by atoms with Crippen LogP contribution in [0.2, 0.25) is 0 Å². The van der Waals surface area contributed by atoms with E-state index in [0.717, 1.165) is 22.5 Å². The number of hydrogen-bond acceptors (Lipinski definition) is 4. The maximum atomic E-state index is 11.4. The quantitative estimate of drug-likeness (QED) is 0.820. The van der Waals surface area contributed by atoms with E-state index in [0.29, 0.717) is 11.5 Å². The van der Waals surface area contributed by atoms with Crippen LogP contribution in [0.1, 0.15) is 22.5 Å². The van der Waals surface area contributed by atoms with E-state index in [1.165, 1.54) is 20.3 Å². The Morgan fingerprint density at radius 3 is 2.67 bits per heavy atom. The van der Waals surface area contributed by atoms with E-state index in [-0.39, 0.29) is 18.3 Å². The molecule has 2 rings (SSSR count). The Balaban J connectivity index is 2.34. The number of rotatable bonds is 4. The van der Waals surface area contributed by atoms with Crippen molar-refractivity contribution in [2.24, 2.45) is 0 Å². The van der Waals surface area contributed by atoms with Crippen molar-refractivity contribution in [1.29, 1.82) is 0 Å². The molecular formula is C15H18N2O4. The molecule has 112 valence electrons. The number of hydrogen-bond donors (Lipinski definition) is 2. The van der Waals surface area contributed by atoms with Crippen LogP contribution in [0.25, 0.3) is 6.08 Å². The van der Waals surface area contributed by atoms with Gasteiger partial charge in [0.1, 0.15) is 5.76 Å². The van der Waals surface area contributed by atoms with E-state index in [9.17, 15) is 9.59 Å². The number of esters is 1. The number of H-pyrrole nitrogens is 1. The number of nitrogens with one attached hydrogen (secondary N) is 2. The van der Waals surface area contributed by atoms with E-state index >= 15 is 0 Å². The fourth-order valence-corrected chi connectivity index (χ4v) is 2.29. The molecule has 1 aromatic heterocycles. The van der Waals surface area contributed by atoms with Crippen molar-refractivity contribution in [2.75, 3.05) is 14.2 Å². The molecule has 1 aliphatic rings. The molecule has 0 aliphatic carbocycles. The van der Waals surface area contributed by atoms with Gasteiger partial charge < -0.3 is 19.8 Å². The van der Waals surface area contributed by atoms with Gasteiger partial charge in [-0.3, -0.25) is 9.59 Å². The standard InChI is InChI=1S/C15H18N2O4/c1-8-10(5-15(19)21-4)9(2)16-11(8)6-12-13(20-3)7-14(18)17-12/h6-7,16H,5H2,1-4H3,(H,17,18)/b12-6-.